The van der Waals surface area contributed by atoms with E-state index < -0.39 is 7.82 Å². The van der Waals surface area contributed by atoms with Gasteiger partial charge in [0.05, 0.1) is 0 Å². The molecule has 0 amide bonds. The van der Waals surface area contributed by atoms with Crippen molar-refractivity contribution in [2.24, 2.45) is 0 Å². The molecule has 0 rings (SSSR count). The van der Waals surface area contributed by atoms with E-state index in [-0.39, 0.29) is 73.0 Å². The Labute approximate surface area is 202 Å². The zero-order valence-corrected chi connectivity index (χ0v) is 23.3. The van der Waals surface area contributed by atoms with Crippen molar-refractivity contribution < 1.29 is 92.3 Å². The van der Waals surface area contributed by atoms with E-state index in [2.05, 4.69) is 13.8 Å². The quantitative estimate of drug-likeness (QED) is 0.159. The van der Waals surface area contributed by atoms with Gasteiger partial charge >= 0.3 is 37.4 Å². The van der Waals surface area contributed by atoms with Gasteiger partial charge in [-0.25, -0.2) is 4.57 Å². The Morgan fingerprint density at radius 1 is 0.760 bits per heavy atom. The van der Waals surface area contributed by atoms with Crippen molar-refractivity contribution in [3.8, 4) is 0 Å². The molecule has 0 aliphatic carbocycles. The predicted molar refractivity (Wildman–Crippen MR) is 94.7 cm³/mol. The number of rotatable bonds is 13. The minimum atomic E-state index is -4.64. The normalized spacial score (nSPS) is 9.32. The Kier molecular flexibility index (Phi) is 56.1. The van der Waals surface area contributed by atoms with Crippen molar-refractivity contribution >= 4 is 7.82 Å². The molecule has 0 atom stereocenters. The van der Waals surface area contributed by atoms with Crippen molar-refractivity contribution in [2.75, 3.05) is 0 Å². The molecule has 0 spiro atoms. The molecule has 0 aromatic carbocycles. The van der Waals surface area contributed by atoms with Crippen LogP contribution in [0.4, 0.5) is 0 Å². The fourth-order valence-corrected chi connectivity index (χ4v) is 2.19. The van der Waals surface area contributed by atoms with Crippen LogP contribution in [-0.4, -0.2) is 20.2 Å². The Morgan fingerprint density at radius 3 is 1.16 bits per heavy atom. The predicted octanol–water partition coefficient (Wildman–Crippen LogP) is 1.66. The summed E-state index contributed by atoms with van der Waals surface area (Å²) in [5, 5.41) is 0. The van der Waals surface area contributed by atoms with Crippen molar-refractivity contribution in [3.63, 3.8) is 0 Å². The van der Waals surface area contributed by atoms with Crippen LogP contribution in [0.15, 0.2) is 0 Å². The van der Waals surface area contributed by atoms with Gasteiger partial charge in [0.25, 0.3) is 0 Å². The summed E-state index contributed by atoms with van der Waals surface area (Å²) in [7, 11) is -4.64. The zero-order chi connectivity index (χ0) is 16.4. The summed E-state index contributed by atoms with van der Waals surface area (Å²) in [6, 6.07) is 0. The SMILES string of the molecule is O.O=P(O)(O)O.[CH2-]CCCCCCCCCCCCCCC.[Fe].[H-].[Na+].[Zn]. The maximum Gasteiger partial charge on any atom is 1.00 e. The van der Waals surface area contributed by atoms with Crippen LogP contribution in [0.25, 0.3) is 0 Å². The number of unbranched alkanes of at least 4 members (excludes halogenated alkanes) is 13. The molecular formula is C16H39FeNaO5PZn-. The fourth-order valence-electron chi connectivity index (χ4n) is 2.19. The first kappa shape index (κ1) is 41.6. The van der Waals surface area contributed by atoms with E-state index in [1.165, 1.54) is 83.5 Å². The molecule has 5 N–H and O–H groups in total. The van der Waals surface area contributed by atoms with E-state index in [4.69, 9.17) is 19.2 Å². The first-order valence-electron chi connectivity index (χ1n) is 8.49. The second-order valence-corrected chi connectivity index (χ2v) is 6.64. The molecule has 0 aromatic rings. The summed E-state index contributed by atoms with van der Waals surface area (Å²) in [4.78, 5) is 21.6. The van der Waals surface area contributed by atoms with Gasteiger partial charge in [-0.15, -0.1) is 0 Å². The largest absolute Gasteiger partial charge is 1.00 e. The molecule has 5 nitrogen and oxygen atoms in total. The number of hydrogen-bond acceptors (Lipinski definition) is 1. The Morgan fingerprint density at radius 2 is 0.960 bits per heavy atom. The van der Waals surface area contributed by atoms with Crippen LogP contribution in [0.2, 0.25) is 0 Å². The summed E-state index contributed by atoms with van der Waals surface area (Å²) >= 11 is 0. The molecule has 25 heavy (non-hydrogen) atoms. The number of phosphoric acid groups is 1. The van der Waals surface area contributed by atoms with Crippen molar-refractivity contribution in [3.05, 3.63) is 6.92 Å². The maximum atomic E-state index is 8.88. The summed E-state index contributed by atoms with van der Waals surface area (Å²) in [6.45, 7) is 6.16. The third kappa shape index (κ3) is 66.4. The zero-order valence-electron chi connectivity index (χ0n) is 17.4. The van der Waals surface area contributed by atoms with Gasteiger partial charge in [-0.05, 0) is 0 Å². The molecule has 0 aliphatic heterocycles. The smallest absolute Gasteiger partial charge is 1.00 e. The van der Waals surface area contributed by atoms with Crippen molar-refractivity contribution in [1.82, 2.24) is 0 Å². The second-order valence-electron chi connectivity index (χ2n) is 5.61. The Bertz CT molecular complexity index is 232. The molecule has 0 heterocycles. The van der Waals surface area contributed by atoms with E-state index in [1.54, 1.807) is 0 Å². The van der Waals surface area contributed by atoms with Gasteiger partial charge in [-0.1, -0.05) is 90.4 Å². The van der Waals surface area contributed by atoms with Crippen molar-refractivity contribution in [1.29, 1.82) is 0 Å². The first-order valence-corrected chi connectivity index (χ1v) is 10.1. The average Bonchev–Trinajstić information content (AvgIpc) is 2.38. The summed E-state index contributed by atoms with van der Waals surface area (Å²) in [6.07, 6.45) is 19.8. The van der Waals surface area contributed by atoms with Crippen LogP contribution in [0.3, 0.4) is 0 Å². The molecular weight excluding hydrogens is 447 g/mol. The molecule has 0 aromatic heterocycles. The molecule has 0 fully saturated rings. The third-order valence-corrected chi connectivity index (χ3v) is 3.35. The fraction of sp³-hybridized carbons (Fsp3) is 0.938. The van der Waals surface area contributed by atoms with Gasteiger partial charge in [0.2, 0.25) is 0 Å². The minimum Gasteiger partial charge on any atom is -1.00 e. The minimum absolute atomic E-state index is 0. The van der Waals surface area contributed by atoms with E-state index in [1.807, 2.05) is 0 Å². The standard InChI is InChI=1S/C16H33.Fe.Na.H3O4P.H2O.Zn.H/c1-3-5-7-9-11-13-15-16-14-12-10-8-6-4-2;;;1-5(2,3)4;;;/h1,3-16H2,2H3;;;(H3,1,2,3,4);1H2;;/q-1;;+1;;;;-1. The van der Waals surface area contributed by atoms with E-state index >= 15 is 0 Å². The Hall–Kier alpha value is 2.21. The van der Waals surface area contributed by atoms with Crippen LogP contribution in [0.5, 0.6) is 0 Å². The summed E-state index contributed by atoms with van der Waals surface area (Å²) in [5.74, 6) is 0. The van der Waals surface area contributed by atoms with Gasteiger partial charge in [-0.3, -0.25) is 0 Å². The van der Waals surface area contributed by atoms with Gasteiger partial charge in [0.15, 0.2) is 0 Å². The topological polar surface area (TPSA) is 109 Å². The molecule has 0 radical (unpaired) electrons. The van der Waals surface area contributed by atoms with Crippen LogP contribution >= 0.6 is 7.82 Å². The van der Waals surface area contributed by atoms with Gasteiger partial charge in [0.1, 0.15) is 0 Å². The molecule has 0 saturated carbocycles. The van der Waals surface area contributed by atoms with Gasteiger partial charge < -0.3 is 28.5 Å². The number of hydrogen-bond donors (Lipinski definition) is 3. The molecule has 0 bridgehead atoms. The van der Waals surface area contributed by atoms with E-state index in [9.17, 15) is 0 Å². The van der Waals surface area contributed by atoms with E-state index in [0.29, 0.717) is 0 Å². The van der Waals surface area contributed by atoms with Crippen LogP contribution in [0.1, 0.15) is 98.2 Å². The molecule has 0 aliphatic rings. The average molecular weight is 487 g/mol. The van der Waals surface area contributed by atoms with Crippen LogP contribution in [0, 0.1) is 6.92 Å². The monoisotopic (exact) mass is 485 g/mol. The maximum absolute atomic E-state index is 8.88. The molecule has 0 unspecified atom stereocenters. The second kappa shape index (κ2) is 33.8. The van der Waals surface area contributed by atoms with Crippen LogP contribution < -0.4 is 29.6 Å². The third-order valence-electron chi connectivity index (χ3n) is 3.35. The first-order chi connectivity index (χ1) is 9.91. The molecule has 150 valence electrons. The van der Waals surface area contributed by atoms with Crippen molar-refractivity contribution in [2.45, 2.75) is 96.8 Å². The molecule has 0 saturated heterocycles. The molecule has 9 heteroatoms. The van der Waals surface area contributed by atoms with Gasteiger partial charge in [-0.2, -0.15) is 6.42 Å². The van der Waals surface area contributed by atoms with Gasteiger partial charge in [0, 0.05) is 36.5 Å². The summed E-state index contributed by atoms with van der Waals surface area (Å²) in [5.41, 5.74) is 0. The summed E-state index contributed by atoms with van der Waals surface area (Å²) < 4.78 is 8.88. The Balaban J connectivity index is -0.0000000642. The van der Waals surface area contributed by atoms with Crippen LogP contribution in [-0.2, 0) is 41.1 Å². The van der Waals surface area contributed by atoms with E-state index in [0.717, 1.165) is 6.42 Å².